The fraction of sp³-hybridized carbons (Fsp3) is 0.357. The van der Waals surface area contributed by atoms with Crippen LogP contribution < -0.4 is 0 Å². The van der Waals surface area contributed by atoms with Gasteiger partial charge in [0, 0.05) is 5.41 Å². The molecule has 0 heterocycles. The summed E-state index contributed by atoms with van der Waals surface area (Å²) in [6, 6.07) is 23.0. The molecule has 3 heteroatoms. The van der Waals surface area contributed by atoms with E-state index in [1.165, 1.54) is 16.7 Å². The van der Waals surface area contributed by atoms with E-state index in [1.807, 2.05) is 0 Å². The standard InChI is InChI=1S/C28H32O3/c1-18(2)21-16-27(20-4-10-24(29)11-5-20)19(3)28(17-21,22-6-12-25(30)13-7-22)23-8-14-26(31)15-9-23/h4-15,18-19,21,27,29-31H,16-17H2,1-3H3. The molecule has 0 amide bonds. The molecular weight excluding hydrogens is 384 g/mol. The minimum absolute atomic E-state index is 0.253. The van der Waals surface area contributed by atoms with Crippen molar-refractivity contribution >= 4 is 0 Å². The molecule has 3 N–H and O–H groups in total. The van der Waals surface area contributed by atoms with Crippen LogP contribution in [-0.4, -0.2) is 15.3 Å². The van der Waals surface area contributed by atoms with E-state index in [2.05, 4.69) is 57.2 Å². The van der Waals surface area contributed by atoms with Crippen LogP contribution in [-0.2, 0) is 5.41 Å². The third-order valence-corrected chi connectivity index (χ3v) is 7.55. The summed E-state index contributed by atoms with van der Waals surface area (Å²) >= 11 is 0. The van der Waals surface area contributed by atoms with Crippen molar-refractivity contribution in [2.75, 3.05) is 0 Å². The Hall–Kier alpha value is -2.94. The van der Waals surface area contributed by atoms with Crippen molar-refractivity contribution < 1.29 is 15.3 Å². The van der Waals surface area contributed by atoms with E-state index in [0.717, 1.165) is 12.8 Å². The largest absolute Gasteiger partial charge is 0.508 e. The molecule has 3 aromatic rings. The van der Waals surface area contributed by atoms with Crippen LogP contribution >= 0.6 is 0 Å². The first-order valence-corrected chi connectivity index (χ1v) is 11.2. The number of hydrogen-bond donors (Lipinski definition) is 3. The third-order valence-electron chi connectivity index (χ3n) is 7.55. The van der Waals surface area contributed by atoms with Crippen molar-refractivity contribution in [3.05, 3.63) is 89.5 Å². The van der Waals surface area contributed by atoms with Gasteiger partial charge in [0.1, 0.15) is 17.2 Å². The number of benzene rings is 3. The smallest absolute Gasteiger partial charge is 0.115 e. The van der Waals surface area contributed by atoms with Crippen LogP contribution in [0.1, 0.15) is 56.2 Å². The van der Waals surface area contributed by atoms with Gasteiger partial charge in [-0.05, 0) is 89.6 Å². The van der Waals surface area contributed by atoms with Crippen LogP contribution in [0.25, 0.3) is 0 Å². The molecule has 31 heavy (non-hydrogen) atoms. The summed E-state index contributed by atoms with van der Waals surface area (Å²) in [5.74, 6) is 2.46. The van der Waals surface area contributed by atoms with E-state index < -0.39 is 0 Å². The molecule has 0 aliphatic heterocycles. The first-order chi connectivity index (χ1) is 14.8. The normalized spacial score (nSPS) is 23.0. The Morgan fingerprint density at radius 2 is 1.13 bits per heavy atom. The van der Waals surface area contributed by atoms with Gasteiger partial charge in [-0.2, -0.15) is 0 Å². The molecule has 3 aromatic carbocycles. The molecule has 0 bridgehead atoms. The van der Waals surface area contributed by atoms with Gasteiger partial charge in [0.15, 0.2) is 0 Å². The number of aromatic hydroxyl groups is 3. The number of hydrogen-bond acceptors (Lipinski definition) is 3. The van der Waals surface area contributed by atoms with Crippen LogP contribution in [0, 0.1) is 17.8 Å². The van der Waals surface area contributed by atoms with E-state index in [9.17, 15) is 15.3 Å². The molecule has 162 valence electrons. The second-order valence-electron chi connectivity index (χ2n) is 9.50. The maximum absolute atomic E-state index is 9.95. The van der Waals surface area contributed by atoms with E-state index in [1.54, 1.807) is 36.4 Å². The first-order valence-electron chi connectivity index (χ1n) is 11.2. The Balaban J connectivity index is 1.92. The zero-order valence-electron chi connectivity index (χ0n) is 18.5. The molecule has 3 nitrogen and oxygen atoms in total. The average Bonchev–Trinajstić information content (AvgIpc) is 2.76. The Labute approximate surface area is 185 Å². The number of rotatable bonds is 4. The zero-order valence-corrected chi connectivity index (χ0v) is 18.5. The van der Waals surface area contributed by atoms with Crippen LogP contribution in [0.3, 0.4) is 0 Å². The van der Waals surface area contributed by atoms with Gasteiger partial charge < -0.3 is 15.3 Å². The molecule has 1 aliphatic carbocycles. The predicted molar refractivity (Wildman–Crippen MR) is 125 cm³/mol. The van der Waals surface area contributed by atoms with E-state index in [-0.39, 0.29) is 28.6 Å². The fourth-order valence-corrected chi connectivity index (χ4v) is 5.66. The molecule has 1 fully saturated rings. The Morgan fingerprint density at radius 1 is 0.710 bits per heavy atom. The summed E-state index contributed by atoms with van der Waals surface area (Å²) in [4.78, 5) is 0. The Morgan fingerprint density at radius 3 is 1.55 bits per heavy atom. The third kappa shape index (κ3) is 3.89. The van der Waals surface area contributed by atoms with Crippen molar-refractivity contribution in [1.82, 2.24) is 0 Å². The van der Waals surface area contributed by atoms with Gasteiger partial charge in [0.25, 0.3) is 0 Å². The van der Waals surface area contributed by atoms with Crippen LogP contribution in [0.2, 0.25) is 0 Å². The second-order valence-corrected chi connectivity index (χ2v) is 9.50. The Bertz CT molecular complexity index is 958. The van der Waals surface area contributed by atoms with Gasteiger partial charge in [-0.3, -0.25) is 0 Å². The highest BCUT2D eigenvalue weighted by Crippen LogP contribution is 2.57. The summed E-state index contributed by atoms with van der Waals surface area (Å²) in [6.45, 7) is 6.92. The minimum Gasteiger partial charge on any atom is -0.508 e. The quantitative estimate of drug-likeness (QED) is 0.450. The average molecular weight is 417 g/mol. The SMILES string of the molecule is CC(C)C1CC(c2ccc(O)cc2)C(C)C(c2ccc(O)cc2)(c2ccc(O)cc2)C1. The number of phenolic OH excluding ortho intramolecular Hbond substituents is 3. The lowest BCUT2D eigenvalue weighted by molar-refractivity contribution is 0.124. The molecule has 0 saturated heterocycles. The highest BCUT2D eigenvalue weighted by molar-refractivity contribution is 5.46. The van der Waals surface area contributed by atoms with E-state index >= 15 is 0 Å². The van der Waals surface area contributed by atoms with Gasteiger partial charge in [-0.15, -0.1) is 0 Å². The molecule has 1 saturated carbocycles. The van der Waals surface area contributed by atoms with Crippen molar-refractivity contribution in [2.45, 2.75) is 44.9 Å². The zero-order chi connectivity index (χ0) is 22.2. The highest BCUT2D eigenvalue weighted by atomic mass is 16.3. The minimum atomic E-state index is -0.253. The molecular formula is C28H32O3. The highest BCUT2D eigenvalue weighted by Gasteiger charge is 2.49. The molecule has 3 atom stereocenters. The topological polar surface area (TPSA) is 60.7 Å². The molecule has 0 radical (unpaired) electrons. The summed E-state index contributed by atoms with van der Waals surface area (Å²) in [6.07, 6.45) is 2.11. The van der Waals surface area contributed by atoms with E-state index in [0.29, 0.717) is 17.8 Å². The lowest BCUT2D eigenvalue weighted by atomic mass is 9.52. The maximum Gasteiger partial charge on any atom is 0.115 e. The van der Waals surface area contributed by atoms with Crippen LogP contribution in [0.4, 0.5) is 0 Å². The lowest BCUT2D eigenvalue weighted by Crippen LogP contribution is -2.45. The molecule has 0 aromatic heterocycles. The maximum atomic E-state index is 9.95. The fourth-order valence-electron chi connectivity index (χ4n) is 5.66. The second kappa shape index (κ2) is 8.30. The predicted octanol–water partition coefficient (Wildman–Crippen LogP) is 6.58. The van der Waals surface area contributed by atoms with Gasteiger partial charge in [-0.25, -0.2) is 0 Å². The summed E-state index contributed by atoms with van der Waals surface area (Å²) in [5, 5.41) is 29.7. The van der Waals surface area contributed by atoms with Crippen LogP contribution in [0.15, 0.2) is 72.8 Å². The molecule has 3 unspecified atom stereocenters. The van der Waals surface area contributed by atoms with Crippen molar-refractivity contribution in [3.8, 4) is 17.2 Å². The lowest BCUT2D eigenvalue weighted by Gasteiger charge is -2.52. The summed E-state index contributed by atoms with van der Waals surface area (Å²) in [5.41, 5.74) is 3.38. The van der Waals surface area contributed by atoms with Gasteiger partial charge >= 0.3 is 0 Å². The molecule has 4 rings (SSSR count). The van der Waals surface area contributed by atoms with Crippen molar-refractivity contribution in [2.24, 2.45) is 17.8 Å². The molecule has 1 aliphatic rings. The van der Waals surface area contributed by atoms with Crippen molar-refractivity contribution in [3.63, 3.8) is 0 Å². The molecule has 0 spiro atoms. The van der Waals surface area contributed by atoms with Gasteiger partial charge in [-0.1, -0.05) is 57.2 Å². The monoisotopic (exact) mass is 416 g/mol. The van der Waals surface area contributed by atoms with E-state index in [4.69, 9.17) is 0 Å². The van der Waals surface area contributed by atoms with Gasteiger partial charge in [0.05, 0.1) is 0 Å². The number of phenols is 3. The first kappa shape index (κ1) is 21.3. The van der Waals surface area contributed by atoms with Crippen LogP contribution in [0.5, 0.6) is 17.2 Å². The summed E-state index contributed by atoms with van der Waals surface area (Å²) in [7, 11) is 0. The summed E-state index contributed by atoms with van der Waals surface area (Å²) < 4.78 is 0. The van der Waals surface area contributed by atoms with Crippen molar-refractivity contribution in [1.29, 1.82) is 0 Å². The Kier molecular flexibility index (Phi) is 5.70. The van der Waals surface area contributed by atoms with Gasteiger partial charge in [0.2, 0.25) is 0 Å².